The van der Waals surface area contributed by atoms with Crippen molar-refractivity contribution in [2.45, 2.75) is 6.42 Å². The van der Waals surface area contributed by atoms with E-state index in [9.17, 15) is 5.11 Å². The fourth-order valence-electron chi connectivity index (χ4n) is 1.01. The Hall–Kier alpha value is -0.730. The number of phenols is 1. The smallest absolute Gasteiger partial charge is 0.120 e. The maximum atomic E-state index is 9.41. The molecule has 0 atom stereocenters. The topological polar surface area (TPSA) is 32.3 Å². The van der Waals surface area contributed by atoms with Gasteiger partial charge in [0.25, 0.3) is 0 Å². The number of hydrogen-bond donors (Lipinski definition) is 2. The number of aromatic hydroxyl groups is 1. The lowest BCUT2D eigenvalue weighted by Crippen LogP contribution is -2.10. The molecule has 0 saturated heterocycles. The van der Waals surface area contributed by atoms with E-state index < -0.39 is 0 Å². The number of phenolic OH excluding ortho intramolecular Hbond substituents is 1. The number of likely N-dealkylation sites (N-methyl/N-ethyl adjacent to an activating group) is 1. The molecule has 0 amide bonds. The Morgan fingerprint density at radius 1 is 1.50 bits per heavy atom. The third-order valence-electron chi connectivity index (χ3n) is 1.69. The third kappa shape index (κ3) is 2.40. The minimum Gasteiger partial charge on any atom is -0.508 e. The molecule has 12 heavy (non-hydrogen) atoms. The molecule has 0 aliphatic carbocycles. The Labute approximate surface area is 77.2 Å². The highest BCUT2D eigenvalue weighted by molar-refractivity contribution is 6.30. The average Bonchev–Trinajstić information content (AvgIpc) is 2.03. The van der Waals surface area contributed by atoms with Crippen LogP contribution in [0.2, 0.25) is 5.02 Å². The molecule has 2 N–H and O–H groups in total. The van der Waals surface area contributed by atoms with Gasteiger partial charge in [-0.05, 0) is 37.7 Å². The van der Waals surface area contributed by atoms with Gasteiger partial charge in [-0.2, -0.15) is 0 Å². The molecule has 0 bridgehead atoms. The SMILES string of the molecule is CNCCc1ccc(Cl)cc1O. The van der Waals surface area contributed by atoms with Gasteiger partial charge in [0.2, 0.25) is 0 Å². The molecule has 0 radical (unpaired) electrons. The number of hydrogen-bond acceptors (Lipinski definition) is 2. The van der Waals surface area contributed by atoms with Gasteiger partial charge in [-0.25, -0.2) is 0 Å². The van der Waals surface area contributed by atoms with Gasteiger partial charge in [-0.1, -0.05) is 17.7 Å². The van der Waals surface area contributed by atoms with Crippen molar-refractivity contribution in [3.63, 3.8) is 0 Å². The lowest BCUT2D eigenvalue weighted by molar-refractivity contribution is 0.467. The highest BCUT2D eigenvalue weighted by Gasteiger charge is 2.00. The van der Waals surface area contributed by atoms with Crippen molar-refractivity contribution in [3.05, 3.63) is 28.8 Å². The summed E-state index contributed by atoms with van der Waals surface area (Å²) in [7, 11) is 1.88. The van der Waals surface area contributed by atoms with Gasteiger partial charge in [0.15, 0.2) is 0 Å². The second-order valence-corrected chi connectivity index (χ2v) is 3.06. The monoisotopic (exact) mass is 185 g/mol. The summed E-state index contributed by atoms with van der Waals surface area (Å²) in [6.45, 7) is 0.856. The van der Waals surface area contributed by atoms with Crippen molar-refractivity contribution in [1.29, 1.82) is 0 Å². The fourth-order valence-corrected chi connectivity index (χ4v) is 1.17. The van der Waals surface area contributed by atoms with E-state index in [1.54, 1.807) is 12.1 Å². The molecule has 1 aromatic carbocycles. The van der Waals surface area contributed by atoms with Gasteiger partial charge >= 0.3 is 0 Å². The Kier molecular flexibility index (Phi) is 3.38. The van der Waals surface area contributed by atoms with Crippen LogP contribution in [-0.4, -0.2) is 18.7 Å². The van der Waals surface area contributed by atoms with E-state index in [1.165, 1.54) is 0 Å². The third-order valence-corrected chi connectivity index (χ3v) is 1.93. The minimum absolute atomic E-state index is 0.276. The van der Waals surface area contributed by atoms with E-state index in [-0.39, 0.29) is 5.75 Å². The molecule has 0 aromatic heterocycles. The lowest BCUT2D eigenvalue weighted by atomic mass is 10.1. The minimum atomic E-state index is 0.276. The van der Waals surface area contributed by atoms with E-state index in [2.05, 4.69) is 5.32 Å². The maximum absolute atomic E-state index is 9.41. The van der Waals surface area contributed by atoms with Crippen LogP contribution < -0.4 is 5.32 Å². The largest absolute Gasteiger partial charge is 0.508 e. The van der Waals surface area contributed by atoms with E-state index in [0.717, 1.165) is 18.5 Å². The standard InChI is InChI=1S/C9H12ClNO/c1-11-5-4-7-2-3-8(10)6-9(7)12/h2-3,6,11-12H,4-5H2,1H3. The Morgan fingerprint density at radius 3 is 2.83 bits per heavy atom. The molecule has 3 heteroatoms. The molecule has 0 spiro atoms. The van der Waals surface area contributed by atoms with Crippen LogP contribution in [0.1, 0.15) is 5.56 Å². The number of benzene rings is 1. The maximum Gasteiger partial charge on any atom is 0.120 e. The number of rotatable bonds is 3. The highest BCUT2D eigenvalue weighted by atomic mass is 35.5. The predicted octanol–water partition coefficient (Wildman–Crippen LogP) is 1.81. The van der Waals surface area contributed by atoms with Gasteiger partial charge < -0.3 is 10.4 Å². The summed E-state index contributed by atoms with van der Waals surface area (Å²) < 4.78 is 0. The molecule has 0 aliphatic rings. The van der Waals surface area contributed by atoms with Gasteiger partial charge in [0, 0.05) is 5.02 Å². The summed E-state index contributed by atoms with van der Waals surface area (Å²) in [5.74, 6) is 0.276. The quantitative estimate of drug-likeness (QED) is 0.753. The van der Waals surface area contributed by atoms with Crippen molar-refractivity contribution in [3.8, 4) is 5.75 Å². The van der Waals surface area contributed by atoms with Crippen molar-refractivity contribution in [2.75, 3.05) is 13.6 Å². The summed E-state index contributed by atoms with van der Waals surface area (Å²) in [6, 6.07) is 5.19. The molecule has 2 nitrogen and oxygen atoms in total. The molecule has 0 unspecified atom stereocenters. The van der Waals surface area contributed by atoms with Gasteiger partial charge in [-0.15, -0.1) is 0 Å². The molecular weight excluding hydrogens is 174 g/mol. The zero-order valence-electron chi connectivity index (χ0n) is 6.97. The lowest BCUT2D eigenvalue weighted by Gasteiger charge is -2.03. The summed E-state index contributed by atoms with van der Waals surface area (Å²) in [6.07, 6.45) is 0.819. The van der Waals surface area contributed by atoms with E-state index in [0.29, 0.717) is 5.02 Å². The molecule has 0 aliphatic heterocycles. The molecule has 0 fully saturated rings. The van der Waals surface area contributed by atoms with Crippen LogP contribution in [-0.2, 0) is 6.42 Å². The first-order valence-electron chi connectivity index (χ1n) is 3.86. The van der Waals surface area contributed by atoms with Crippen molar-refractivity contribution >= 4 is 11.6 Å². The van der Waals surface area contributed by atoms with Gasteiger partial charge in [-0.3, -0.25) is 0 Å². The van der Waals surface area contributed by atoms with Crippen molar-refractivity contribution in [2.24, 2.45) is 0 Å². The molecular formula is C9H12ClNO. The summed E-state index contributed by atoms with van der Waals surface area (Å²) in [5.41, 5.74) is 0.925. The van der Waals surface area contributed by atoms with Crippen LogP contribution in [0.5, 0.6) is 5.75 Å². The van der Waals surface area contributed by atoms with Crippen LogP contribution in [0.15, 0.2) is 18.2 Å². The predicted molar refractivity (Wildman–Crippen MR) is 50.7 cm³/mol. The molecule has 66 valence electrons. The van der Waals surface area contributed by atoms with Crippen LogP contribution in [0.25, 0.3) is 0 Å². The summed E-state index contributed by atoms with van der Waals surface area (Å²) in [5, 5.41) is 13.0. The number of halogens is 1. The first kappa shape index (κ1) is 9.36. The van der Waals surface area contributed by atoms with E-state index in [4.69, 9.17) is 11.6 Å². The first-order chi connectivity index (χ1) is 5.74. The molecule has 1 aromatic rings. The van der Waals surface area contributed by atoms with E-state index >= 15 is 0 Å². The van der Waals surface area contributed by atoms with Crippen molar-refractivity contribution < 1.29 is 5.11 Å². The van der Waals surface area contributed by atoms with Gasteiger partial charge in [0.05, 0.1) is 0 Å². The Morgan fingerprint density at radius 2 is 2.25 bits per heavy atom. The van der Waals surface area contributed by atoms with Crippen LogP contribution in [0, 0.1) is 0 Å². The van der Waals surface area contributed by atoms with Crippen LogP contribution >= 0.6 is 11.6 Å². The molecule has 1 rings (SSSR count). The van der Waals surface area contributed by atoms with Crippen LogP contribution in [0.4, 0.5) is 0 Å². The van der Waals surface area contributed by atoms with Crippen molar-refractivity contribution in [1.82, 2.24) is 5.32 Å². The molecule has 0 saturated carbocycles. The highest BCUT2D eigenvalue weighted by Crippen LogP contribution is 2.21. The normalized spacial score (nSPS) is 10.2. The Bertz CT molecular complexity index is 263. The second kappa shape index (κ2) is 4.33. The zero-order chi connectivity index (χ0) is 8.97. The average molecular weight is 186 g/mol. The first-order valence-corrected chi connectivity index (χ1v) is 4.24. The summed E-state index contributed by atoms with van der Waals surface area (Å²) in [4.78, 5) is 0. The fraction of sp³-hybridized carbons (Fsp3) is 0.333. The Balaban J connectivity index is 2.72. The van der Waals surface area contributed by atoms with Gasteiger partial charge in [0.1, 0.15) is 5.75 Å². The zero-order valence-corrected chi connectivity index (χ0v) is 7.73. The van der Waals surface area contributed by atoms with Crippen LogP contribution in [0.3, 0.4) is 0 Å². The number of nitrogens with one attached hydrogen (secondary N) is 1. The summed E-state index contributed by atoms with van der Waals surface area (Å²) >= 11 is 5.68. The molecule has 0 heterocycles. The van der Waals surface area contributed by atoms with E-state index in [1.807, 2.05) is 13.1 Å². The second-order valence-electron chi connectivity index (χ2n) is 2.63.